The van der Waals surface area contributed by atoms with Crippen LogP contribution in [0, 0.1) is 12.7 Å². The van der Waals surface area contributed by atoms with Gasteiger partial charge in [-0.2, -0.15) is 0 Å². The van der Waals surface area contributed by atoms with E-state index < -0.39 is 0 Å². The van der Waals surface area contributed by atoms with Crippen LogP contribution in [-0.4, -0.2) is 38.4 Å². The van der Waals surface area contributed by atoms with Crippen molar-refractivity contribution in [2.24, 2.45) is 0 Å². The molecule has 156 valence electrons. The number of carbonyl (C=O) groups excluding carboxylic acids is 1. The fraction of sp³-hybridized carbons (Fsp3) is 0.348. The number of nitrogens with one attached hydrogen (secondary N) is 1. The molecule has 0 atom stereocenters. The van der Waals surface area contributed by atoms with Gasteiger partial charge in [-0.1, -0.05) is 35.5 Å². The van der Waals surface area contributed by atoms with Crippen molar-refractivity contribution in [3.63, 3.8) is 0 Å². The van der Waals surface area contributed by atoms with Gasteiger partial charge in [0.2, 0.25) is 0 Å². The Labute approximate surface area is 175 Å². The Morgan fingerprint density at radius 3 is 2.77 bits per heavy atom. The quantitative estimate of drug-likeness (QED) is 0.704. The number of carbonyl (C=O) groups is 1. The lowest BCUT2D eigenvalue weighted by Crippen LogP contribution is -2.31. The van der Waals surface area contributed by atoms with Crippen LogP contribution in [-0.2, 0) is 19.5 Å². The zero-order chi connectivity index (χ0) is 21.3. The number of halogens is 1. The van der Waals surface area contributed by atoms with E-state index in [-0.39, 0.29) is 17.8 Å². The summed E-state index contributed by atoms with van der Waals surface area (Å²) in [5.74, 6) is -0.378. The molecule has 3 aromatic rings. The Morgan fingerprint density at radius 1 is 1.20 bits per heavy atom. The topological polar surface area (TPSA) is 63.1 Å². The van der Waals surface area contributed by atoms with Gasteiger partial charge in [-0.15, -0.1) is 5.10 Å². The normalized spacial score (nSPS) is 14.0. The molecule has 0 saturated heterocycles. The maximum absolute atomic E-state index is 14.0. The Hall–Kier alpha value is -3.06. The van der Waals surface area contributed by atoms with Gasteiger partial charge in [0.25, 0.3) is 5.91 Å². The third kappa shape index (κ3) is 3.98. The zero-order valence-corrected chi connectivity index (χ0v) is 17.5. The van der Waals surface area contributed by atoms with E-state index in [2.05, 4.69) is 26.6 Å². The van der Waals surface area contributed by atoms with Crippen molar-refractivity contribution in [1.82, 2.24) is 25.2 Å². The molecule has 2 heterocycles. The molecule has 1 aliphatic rings. The second-order valence-corrected chi connectivity index (χ2v) is 8.03. The Balaban J connectivity index is 1.59. The minimum atomic E-state index is -0.213. The van der Waals surface area contributed by atoms with Crippen molar-refractivity contribution in [2.75, 3.05) is 6.54 Å². The molecule has 4 rings (SSSR count). The number of fused-ring (bicyclic) bond motifs is 1. The van der Waals surface area contributed by atoms with E-state index in [4.69, 9.17) is 0 Å². The van der Waals surface area contributed by atoms with Crippen LogP contribution in [0.15, 0.2) is 42.5 Å². The lowest BCUT2D eigenvalue weighted by molar-refractivity contribution is 0.0937. The standard InChI is InChI=1S/C23H26FN5O/c1-15(2)25-23(30)22-16(3)29(27-26-22)21-10-6-8-17-13-28(12-11-19(17)21)14-18-7-4-5-9-20(18)24/h4-10,15H,11-14H2,1-3H3,(H,25,30). The summed E-state index contributed by atoms with van der Waals surface area (Å²) in [5.41, 5.74) is 5.12. The highest BCUT2D eigenvalue weighted by Gasteiger charge is 2.23. The molecule has 0 saturated carbocycles. The van der Waals surface area contributed by atoms with Crippen molar-refractivity contribution in [1.29, 1.82) is 0 Å². The summed E-state index contributed by atoms with van der Waals surface area (Å²) < 4.78 is 15.8. The first kappa shape index (κ1) is 20.2. The lowest BCUT2D eigenvalue weighted by Gasteiger charge is -2.30. The van der Waals surface area contributed by atoms with Crippen LogP contribution in [0.3, 0.4) is 0 Å². The molecule has 1 aliphatic heterocycles. The summed E-state index contributed by atoms with van der Waals surface area (Å²) in [5, 5.41) is 11.3. The smallest absolute Gasteiger partial charge is 0.273 e. The van der Waals surface area contributed by atoms with Crippen molar-refractivity contribution < 1.29 is 9.18 Å². The van der Waals surface area contributed by atoms with E-state index in [1.807, 2.05) is 45.0 Å². The fourth-order valence-corrected chi connectivity index (χ4v) is 3.95. The molecule has 0 bridgehead atoms. The lowest BCUT2D eigenvalue weighted by atomic mass is 9.97. The summed E-state index contributed by atoms with van der Waals surface area (Å²) in [4.78, 5) is 14.6. The number of amides is 1. The van der Waals surface area contributed by atoms with Crippen molar-refractivity contribution >= 4 is 5.91 Å². The van der Waals surface area contributed by atoms with Crippen molar-refractivity contribution in [3.05, 3.63) is 76.4 Å². The second kappa shape index (κ2) is 8.36. The maximum Gasteiger partial charge on any atom is 0.273 e. The van der Waals surface area contributed by atoms with E-state index in [1.54, 1.807) is 10.7 Å². The number of rotatable bonds is 5. The van der Waals surface area contributed by atoms with Crippen LogP contribution in [0.25, 0.3) is 5.69 Å². The fourth-order valence-electron chi connectivity index (χ4n) is 3.95. The van der Waals surface area contributed by atoms with Gasteiger partial charge in [-0.3, -0.25) is 9.69 Å². The first-order valence-corrected chi connectivity index (χ1v) is 10.2. The molecule has 30 heavy (non-hydrogen) atoms. The highest BCUT2D eigenvalue weighted by Crippen LogP contribution is 2.27. The van der Waals surface area contributed by atoms with Gasteiger partial charge in [-0.25, -0.2) is 9.07 Å². The molecule has 0 fully saturated rings. The molecule has 0 spiro atoms. The number of hydrogen-bond acceptors (Lipinski definition) is 4. The molecule has 6 nitrogen and oxygen atoms in total. The number of aromatic nitrogens is 3. The summed E-state index contributed by atoms with van der Waals surface area (Å²) in [6.07, 6.45) is 0.826. The van der Waals surface area contributed by atoms with Gasteiger partial charge < -0.3 is 5.32 Å². The average molecular weight is 407 g/mol. The highest BCUT2D eigenvalue weighted by molar-refractivity contribution is 5.93. The van der Waals surface area contributed by atoms with Crippen LogP contribution >= 0.6 is 0 Å². The SMILES string of the molecule is Cc1c(C(=O)NC(C)C)nnn1-c1cccc2c1CCN(Cc1ccccc1F)C2. The minimum Gasteiger partial charge on any atom is -0.348 e. The summed E-state index contributed by atoms with van der Waals surface area (Å²) in [7, 11) is 0. The van der Waals surface area contributed by atoms with Crippen LogP contribution < -0.4 is 5.32 Å². The third-order valence-electron chi connectivity index (χ3n) is 5.43. The Morgan fingerprint density at radius 2 is 2.00 bits per heavy atom. The molecule has 2 aromatic carbocycles. The van der Waals surface area contributed by atoms with E-state index in [0.717, 1.165) is 30.9 Å². The molecule has 1 aromatic heterocycles. The van der Waals surface area contributed by atoms with Crippen molar-refractivity contribution in [3.8, 4) is 5.69 Å². The predicted molar refractivity (Wildman–Crippen MR) is 113 cm³/mol. The largest absolute Gasteiger partial charge is 0.348 e. The van der Waals surface area contributed by atoms with Crippen LogP contribution in [0.4, 0.5) is 4.39 Å². The molecule has 7 heteroatoms. The first-order valence-electron chi connectivity index (χ1n) is 10.2. The summed E-state index contributed by atoms with van der Waals surface area (Å²) >= 11 is 0. The van der Waals surface area contributed by atoms with Gasteiger partial charge in [0.15, 0.2) is 5.69 Å². The molecular weight excluding hydrogens is 381 g/mol. The monoisotopic (exact) mass is 407 g/mol. The molecule has 1 N–H and O–H groups in total. The summed E-state index contributed by atoms with van der Waals surface area (Å²) in [6.45, 7) is 7.84. The van der Waals surface area contributed by atoms with Crippen LogP contribution in [0.5, 0.6) is 0 Å². The van der Waals surface area contributed by atoms with Gasteiger partial charge in [0.05, 0.1) is 11.4 Å². The van der Waals surface area contributed by atoms with E-state index >= 15 is 0 Å². The second-order valence-electron chi connectivity index (χ2n) is 8.03. The van der Waals surface area contributed by atoms with E-state index in [9.17, 15) is 9.18 Å². The predicted octanol–water partition coefficient (Wildman–Crippen LogP) is 3.41. The molecule has 0 radical (unpaired) electrons. The van der Waals surface area contributed by atoms with E-state index in [1.165, 1.54) is 17.2 Å². The number of nitrogens with zero attached hydrogens (tertiary/aromatic N) is 4. The Bertz CT molecular complexity index is 1080. The van der Waals surface area contributed by atoms with Gasteiger partial charge in [0, 0.05) is 31.2 Å². The van der Waals surface area contributed by atoms with Gasteiger partial charge >= 0.3 is 0 Å². The highest BCUT2D eigenvalue weighted by atomic mass is 19.1. The van der Waals surface area contributed by atoms with Crippen LogP contribution in [0.2, 0.25) is 0 Å². The third-order valence-corrected chi connectivity index (χ3v) is 5.43. The molecule has 1 amide bonds. The average Bonchev–Trinajstić information content (AvgIpc) is 3.10. The number of benzene rings is 2. The zero-order valence-electron chi connectivity index (χ0n) is 17.5. The Kier molecular flexibility index (Phi) is 5.63. The molecule has 0 unspecified atom stereocenters. The molecular formula is C23H26FN5O. The number of hydrogen-bond donors (Lipinski definition) is 1. The molecule has 0 aliphatic carbocycles. The maximum atomic E-state index is 14.0. The first-order chi connectivity index (χ1) is 14.4. The van der Waals surface area contributed by atoms with Gasteiger partial charge in [-0.05, 0) is 50.5 Å². The van der Waals surface area contributed by atoms with E-state index in [0.29, 0.717) is 17.8 Å². The van der Waals surface area contributed by atoms with Gasteiger partial charge in [0.1, 0.15) is 5.82 Å². The minimum absolute atomic E-state index is 0.0342. The van der Waals surface area contributed by atoms with Crippen molar-refractivity contribution in [2.45, 2.75) is 46.3 Å². The summed E-state index contributed by atoms with van der Waals surface area (Å²) in [6, 6.07) is 13.1. The van der Waals surface area contributed by atoms with Crippen LogP contribution in [0.1, 0.15) is 46.7 Å².